The number of rotatable bonds is 7. The van der Waals surface area contributed by atoms with Crippen LogP contribution < -0.4 is 5.32 Å². The Kier molecular flexibility index (Phi) is 5.61. The van der Waals surface area contributed by atoms with Crippen molar-refractivity contribution < 1.29 is 14.3 Å². The summed E-state index contributed by atoms with van der Waals surface area (Å²) in [5.41, 5.74) is 2.02. The van der Waals surface area contributed by atoms with E-state index in [-0.39, 0.29) is 12.0 Å². The number of nitrogens with one attached hydrogen (secondary N) is 1. The van der Waals surface area contributed by atoms with E-state index >= 15 is 0 Å². The van der Waals surface area contributed by atoms with Gasteiger partial charge in [0.1, 0.15) is 6.10 Å². The molecule has 128 valence electrons. The van der Waals surface area contributed by atoms with Crippen LogP contribution in [0.5, 0.6) is 0 Å². The molecular weight excluding hydrogens is 306 g/mol. The molecule has 1 fully saturated rings. The van der Waals surface area contributed by atoms with Crippen LogP contribution in [0.25, 0.3) is 5.69 Å². The van der Waals surface area contributed by atoms with E-state index in [1.54, 1.807) is 17.8 Å². The first-order valence-corrected chi connectivity index (χ1v) is 8.32. The van der Waals surface area contributed by atoms with Crippen molar-refractivity contribution in [1.82, 2.24) is 15.1 Å². The van der Waals surface area contributed by atoms with Gasteiger partial charge in [-0.25, -0.2) is 4.68 Å². The predicted octanol–water partition coefficient (Wildman–Crippen LogP) is 2.07. The lowest BCUT2D eigenvalue weighted by Gasteiger charge is -2.16. The minimum atomic E-state index is -0.474. The molecule has 2 aromatic rings. The number of carbonyl (C=O) groups is 1. The van der Waals surface area contributed by atoms with Crippen LogP contribution in [-0.2, 0) is 20.8 Å². The van der Waals surface area contributed by atoms with Gasteiger partial charge < -0.3 is 14.8 Å². The molecule has 1 aromatic heterocycles. The third-order valence-corrected chi connectivity index (χ3v) is 4.10. The van der Waals surface area contributed by atoms with Crippen LogP contribution in [0.2, 0.25) is 0 Å². The van der Waals surface area contributed by atoms with Gasteiger partial charge in [0, 0.05) is 25.5 Å². The maximum atomic E-state index is 12.1. The van der Waals surface area contributed by atoms with Gasteiger partial charge in [-0.15, -0.1) is 0 Å². The monoisotopic (exact) mass is 329 g/mol. The van der Waals surface area contributed by atoms with Gasteiger partial charge in [0.2, 0.25) is 5.91 Å². The Morgan fingerprint density at radius 2 is 2.29 bits per heavy atom. The van der Waals surface area contributed by atoms with Gasteiger partial charge in [0.25, 0.3) is 0 Å². The van der Waals surface area contributed by atoms with Crippen molar-refractivity contribution in [3.05, 3.63) is 48.3 Å². The highest BCUT2D eigenvalue weighted by Crippen LogP contribution is 2.13. The van der Waals surface area contributed by atoms with Crippen molar-refractivity contribution in [1.29, 1.82) is 0 Å². The van der Waals surface area contributed by atoms with Crippen LogP contribution in [0.3, 0.4) is 0 Å². The third kappa shape index (κ3) is 4.43. The maximum absolute atomic E-state index is 12.1. The molecular formula is C18H23N3O3. The largest absolute Gasteiger partial charge is 0.376 e. The van der Waals surface area contributed by atoms with Crippen molar-refractivity contribution in [2.75, 3.05) is 13.2 Å². The summed E-state index contributed by atoms with van der Waals surface area (Å²) in [5.74, 6) is -0.107. The first-order valence-electron chi connectivity index (χ1n) is 8.32. The number of hydrogen-bond donors (Lipinski definition) is 1. The lowest BCUT2D eigenvalue weighted by atomic mass is 10.2. The first kappa shape index (κ1) is 16.7. The average molecular weight is 329 g/mol. The molecule has 0 spiro atoms. The molecule has 1 saturated heterocycles. The highest BCUT2D eigenvalue weighted by atomic mass is 16.5. The van der Waals surface area contributed by atoms with Crippen LogP contribution in [0.15, 0.2) is 42.7 Å². The number of aromatic nitrogens is 2. The summed E-state index contributed by atoms with van der Waals surface area (Å²) in [4.78, 5) is 12.1. The molecule has 0 aliphatic carbocycles. The van der Waals surface area contributed by atoms with Gasteiger partial charge in [-0.3, -0.25) is 4.79 Å². The zero-order valence-corrected chi connectivity index (χ0v) is 13.9. The SMILES string of the molecule is CC(OCC1CCCO1)C(=O)NCc1ccc(-n2cccn2)cc1. The van der Waals surface area contributed by atoms with Crippen molar-refractivity contribution >= 4 is 5.91 Å². The Morgan fingerprint density at radius 1 is 1.46 bits per heavy atom. The highest BCUT2D eigenvalue weighted by Gasteiger charge is 2.19. The number of ether oxygens (including phenoxy) is 2. The Bertz CT molecular complexity index is 634. The quantitative estimate of drug-likeness (QED) is 0.844. The lowest BCUT2D eigenvalue weighted by molar-refractivity contribution is -0.133. The maximum Gasteiger partial charge on any atom is 0.249 e. The van der Waals surface area contributed by atoms with Crippen LogP contribution in [0, 0.1) is 0 Å². The molecule has 1 aliphatic rings. The van der Waals surface area contributed by atoms with Gasteiger partial charge in [-0.2, -0.15) is 5.10 Å². The summed E-state index contributed by atoms with van der Waals surface area (Å²) < 4.78 is 12.9. The Labute approximate surface area is 141 Å². The van der Waals surface area contributed by atoms with Gasteiger partial charge in [0.05, 0.1) is 18.4 Å². The Morgan fingerprint density at radius 3 is 2.96 bits per heavy atom. The van der Waals surface area contributed by atoms with Gasteiger partial charge >= 0.3 is 0 Å². The van der Waals surface area contributed by atoms with Crippen molar-refractivity contribution in [2.45, 2.75) is 38.5 Å². The van der Waals surface area contributed by atoms with E-state index in [0.29, 0.717) is 13.2 Å². The Hall–Kier alpha value is -2.18. The van der Waals surface area contributed by atoms with E-state index in [1.807, 2.05) is 36.5 Å². The van der Waals surface area contributed by atoms with Crippen molar-refractivity contribution in [2.24, 2.45) is 0 Å². The standard InChI is InChI=1S/C18H23N3O3/c1-14(24-13-17-4-2-11-23-17)18(22)19-12-15-5-7-16(8-6-15)21-10-3-9-20-21/h3,5-10,14,17H,2,4,11-13H2,1H3,(H,19,22). The van der Waals surface area contributed by atoms with Crippen LogP contribution in [0.1, 0.15) is 25.3 Å². The van der Waals surface area contributed by atoms with Crippen LogP contribution in [0.4, 0.5) is 0 Å². The molecule has 24 heavy (non-hydrogen) atoms. The highest BCUT2D eigenvalue weighted by molar-refractivity contribution is 5.80. The molecule has 2 heterocycles. The fourth-order valence-corrected chi connectivity index (χ4v) is 2.62. The van der Waals surface area contributed by atoms with E-state index in [1.165, 1.54) is 0 Å². The second kappa shape index (κ2) is 8.08. The third-order valence-electron chi connectivity index (χ3n) is 4.10. The summed E-state index contributed by atoms with van der Waals surface area (Å²) >= 11 is 0. The second-order valence-electron chi connectivity index (χ2n) is 5.95. The Balaban J connectivity index is 1.43. The van der Waals surface area contributed by atoms with E-state index < -0.39 is 6.10 Å². The smallest absolute Gasteiger partial charge is 0.249 e. The van der Waals surface area contributed by atoms with E-state index in [9.17, 15) is 4.79 Å². The van der Waals surface area contributed by atoms with Gasteiger partial charge in [-0.05, 0) is 43.5 Å². The number of hydrogen-bond acceptors (Lipinski definition) is 4. The van der Waals surface area contributed by atoms with Gasteiger partial charge in [0.15, 0.2) is 0 Å². The fourth-order valence-electron chi connectivity index (χ4n) is 2.62. The van der Waals surface area contributed by atoms with Crippen LogP contribution in [-0.4, -0.2) is 41.1 Å². The minimum Gasteiger partial charge on any atom is -0.376 e. The van der Waals surface area contributed by atoms with Crippen molar-refractivity contribution in [3.8, 4) is 5.69 Å². The number of carbonyl (C=O) groups excluding carboxylic acids is 1. The van der Waals surface area contributed by atoms with Crippen molar-refractivity contribution in [3.63, 3.8) is 0 Å². The molecule has 1 aromatic carbocycles. The molecule has 6 nitrogen and oxygen atoms in total. The molecule has 1 N–H and O–H groups in total. The van der Waals surface area contributed by atoms with E-state index in [2.05, 4.69) is 10.4 Å². The normalized spacial score (nSPS) is 18.5. The summed E-state index contributed by atoms with van der Waals surface area (Å²) in [7, 11) is 0. The molecule has 2 atom stereocenters. The summed E-state index contributed by atoms with van der Waals surface area (Å²) in [6, 6.07) is 9.80. The average Bonchev–Trinajstić information content (AvgIpc) is 3.31. The number of nitrogens with zero attached hydrogens (tertiary/aromatic N) is 2. The molecule has 6 heteroatoms. The predicted molar refractivity (Wildman–Crippen MR) is 89.8 cm³/mol. The lowest BCUT2D eigenvalue weighted by Crippen LogP contribution is -2.35. The second-order valence-corrected chi connectivity index (χ2v) is 5.95. The van der Waals surface area contributed by atoms with Gasteiger partial charge in [-0.1, -0.05) is 12.1 Å². The summed E-state index contributed by atoms with van der Waals surface area (Å²) in [6.07, 6.45) is 5.38. The number of benzene rings is 1. The zero-order valence-electron chi connectivity index (χ0n) is 13.9. The molecule has 0 saturated carbocycles. The zero-order chi connectivity index (χ0) is 16.8. The molecule has 0 bridgehead atoms. The minimum absolute atomic E-state index is 0.107. The fraction of sp³-hybridized carbons (Fsp3) is 0.444. The molecule has 2 unspecified atom stereocenters. The summed E-state index contributed by atoms with van der Waals surface area (Å²) in [5, 5.41) is 7.09. The topological polar surface area (TPSA) is 65.4 Å². The molecule has 1 aliphatic heterocycles. The molecule has 3 rings (SSSR count). The molecule has 1 amide bonds. The number of amides is 1. The molecule has 0 radical (unpaired) electrons. The first-order chi connectivity index (χ1) is 11.7. The van der Waals surface area contributed by atoms with Crippen LogP contribution >= 0.6 is 0 Å². The van der Waals surface area contributed by atoms with E-state index in [0.717, 1.165) is 30.7 Å². The summed E-state index contributed by atoms with van der Waals surface area (Å²) in [6.45, 7) is 3.52. The van der Waals surface area contributed by atoms with E-state index in [4.69, 9.17) is 9.47 Å².